The molecule has 0 aliphatic carbocycles. The molecule has 2 nitrogen and oxygen atoms in total. The molecule has 0 rings (SSSR count). The first kappa shape index (κ1) is 15.7. The van der Waals surface area contributed by atoms with Gasteiger partial charge in [0.15, 0.2) is 0 Å². The third-order valence-electron chi connectivity index (χ3n) is 2.68. The maximum Gasteiger partial charge on any atom is 0.0900 e. The zero-order valence-corrected chi connectivity index (χ0v) is 10.3. The van der Waals surface area contributed by atoms with Crippen molar-refractivity contribution in [2.24, 2.45) is 0 Å². The van der Waals surface area contributed by atoms with E-state index in [1.165, 1.54) is 39.3 Å². The predicted molar refractivity (Wildman–Crippen MR) is 54.7 cm³/mol. The number of quaternary nitrogens is 1. The van der Waals surface area contributed by atoms with Crippen LogP contribution in [0.3, 0.4) is 0 Å². The Morgan fingerprint density at radius 2 is 1.38 bits per heavy atom. The molecule has 0 amide bonds. The number of nitrogens with zero attached hydrogens (tertiary/aromatic N) is 1. The molecule has 0 saturated heterocycles. The van der Waals surface area contributed by atoms with Crippen molar-refractivity contribution in [1.82, 2.24) is 4.90 Å². The smallest absolute Gasteiger partial charge is 0.0900 e. The normalized spacial score (nSPS) is 10.6. The lowest BCUT2D eigenvalue weighted by Gasteiger charge is -2.21. The van der Waals surface area contributed by atoms with Gasteiger partial charge in [0, 0.05) is 6.54 Å². The molecule has 0 fully saturated rings. The molecule has 0 aromatic heterocycles. The summed E-state index contributed by atoms with van der Waals surface area (Å²) in [4.78, 5) is 4.20. The molecule has 0 aliphatic heterocycles. The molecule has 0 aromatic carbocycles. The minimum Gasteiger partial charge on any atom is -1.00 e. The van der Waals surface area contributed by atoms with Gasteiger partial charge in [-0.05, 0) is 26.9 Å². The summed E-state index contributed by atoms with van der Waals surface area (Å²) in [5.41, 5.74) is 0. The predicted octanol–water partition coefficient (Wildman–Crippen LogP) is -2.74. The van der Waals surface area contributed by atoms with Gasteiger partial charge < -0.3 is 17.3 Å². The van der Waals surface area contributed by atoms with Gasteiger partial charge in [-0.2, -0.15) is 0 Å². The van der Waals surface area contributed by atoms with Crippen molar-refractivity contribution in [3.63, 3.8) is 0 Å². The molecule has 0 aromatic rings. The second-order valence-corrected chi connectivity index (χ2v) is 3.23. The lowest BCUT2D eigenvalue weighted by atomic mass is 10.4. The van der Waals surface area contributed by atoms with E-state index in [1.807, 2.05) is 0 Å². The molecule has 13 heavy (non-hydrogen) atoms. The summed E-state index contributed by atoms with van der Waals surface area (Å²) in [5.74, 6) is 0. The third-order valence-corrected chi connectivity index (χ3v) is 2.68. The van der Waals surface area contributed by atoms with Gasteiger partial charge in [0.05, 0.1) is 19.6 Å². The highest BCUT2D eigenvalue weighted by molar-refractivity contribution is 4.48. The highest BCUT2D eigenvalue weighted by Crippen LogP contribution is 1.82. The number of rotatable bonds is 7. The summed E-state index contributed by atoms with van der Waals surface area (Å²) >= 11 is 0. The van der Waals surface area contributed by atoms with Crippen molar-refractivity contribution in [3.8, 4) is 0 Å². The van der Waals surface area contributed by atoms with Crippen molar-refractivity contribution in [2.45, 2.75) is 27.7 Å². The largest absolute Gasteiger partial charge is 1.00 e. The van der Waals surface area contributed by atoms with E-state index in [9.17, 15) is 0 Å². The topological polar surface area (TPSA) is 7.68 Å². The van der Waals surface area contributed by atoms with Crippen LogP contribution >= 0.6 is 0 Å². The lowest BCUT2D eigenvalue weighted by Crippen LogP contribution is -3.12. The molecule has 0 bridgehead atoms. The van der Waals surface area contributed by atoms with Crippen molar-refractivity contribution in [1.29, 1.82) is 0 Å². The molecule has 3 heteroatoms. The molecule has 82 valence electrons. The lowest BCUT2D eigenvalue weighted by molar-refractivity contribution is -0.895. The molecule has 0 radical (unpaired) electrons. The van der Waals surface area contributed by atoms with Crippen molar-refractivity contribution < 1.29 is 17.3 Å². The minimum absolute atomic E-state index is 0. The Balaban J connectivity index is 0. The second kappa shape index (κ2) is 10.3. The summed E-state index contributed by atoms with van der Waals surface area (Å²) in [6.45, 7) is 16.5. The SMILES string of the molecule is CCN(CC)CC[NH+](CC)CC.[Cl-]. The minimum atomic E-state index is 0. The molecular weight excluding hydrogens is 184 g/mol. The Labute approximate surface area is 89.7 Å². The van der Waals surface area contributed by atoms with Gasteiger partial charge in [-0.25, -0.2) is 0 Å². The Morgan fingerprint density at radius 1 is 0.923 bits per heavy atom. The summed E-state index contributed by atoms with van der Waals surface area (Å²) in [5, 5.41) is 0. The summed E-state index contributed by atoms with van der Waals surface area (Å²) in [7, 11) is 0. The van der Waals surface area contributed by atoms with Gasteiger partial charge in [-0.15, -0.1) is 0 Å². The standard InChI is InChI=1S/C10H24N2.ClH/c1-5-11(6-2)9-10-12(7-3)8-4;/h5-10H2,1-4H3;1H. The zero-order valence-electron chi connectivity index (χ0n) is 9.57. The average Bonchev–Trinajstić information content (AvgIpc) is 2.13. The Morgan fingerprint density at radius 3 is 1.69 bits per heavy atom. The quantitative estimate of drug-likeness (QED) is 0.477. The summed E-state index contributed by atoms with van der Waals surface area (Å²) in [6, 6.07) is 0. The van der Waals surface area contributed by atoms with Gasteiger partial charge in [-0.3, -0.25) is 4.90 Å². The van der Waals surface area contributed by atoms with E-state index >= 15 is 0 Å². The zero-order chi connectivity index (χ0) is 9.40. The van der Waals surface area contributed by atoms with Crippen LogP contribution in [0.5, 0.6) is 0 Å². The first-order chi connectivity index (χ1) is 5.78. The number of likely N-dealkylation sites (N-methyl/N-ethyl adjacent to an activating group) is 2. The molecule has 0 unspecified atom stereocenters. The fraction of sp³-hybridized carbons (Fsp3) is 1.00. The molecule has 0 saturated carbocycles. The van der Waals surface area contributed by atoms with Crippen LogP contribution in [0.25, 0.3) is 0 Å². The first-order valence-electron chi connectivity index (χ1n) is 5.34. The van der Waals surface area contributed by atoms with Crippen molar-refractivity contribution >= 4 is 0 Å². The van der Waals surface area contributed by atoms with E-state index in [1.54, 1.807) is 4.90 Å². The summed E-state index contributed by atoms with van der Waals surface area (Å²) in [6.07, 6.45) is 0. The molecule has 0 atom stereocenters. The average molecular weight is 209 g/mol. The Bertz CT molecular complexity index is 78.9. The molecule has 0 aliphatic rings. The van der Waals surface area contributed by atoms with Crippen LogP contribution in [-0.2, 0) is 0 Å². The first-order valence-corrected chi connectivity index (χ1v) is 5.34. The van der Waals surface area contributed by atoms with E-state index in [2.05, 4.69) is 32.6 Å². The molecule has 0 heterocycles. The van der Waals surface area contributed by atoms with E-state index in [0.717, 1.165) is 0 Å². The van der Waals surface area contributed by atoms with Crippen LogP contribution in [0.2, 0.25) is 0 Å². The van der Waals surface area contributed by atoms with E-state index in [-0.39, 0.29) is 12.4 Å². The summed E-state index contributed by atoms with van der Waals surface area (Å²) < 4.78 is 0. The molecule has 1 N–H and O–H groups in total. The number of hydrogen-bond donors (Lipinski definition) is 1. The Hall–Kier alpha value is 0.210. The molecular formula is C10H25ClN2. The maximum atomic E-state index is 2.49. The van der Waals surface area contributed by atoms with Gasteiger partial charge >= 0.3 is 0 Å². The van der Waals surface area contributed by atoms with Crippen LogP contribution in [-0.4, -0.2) is 44.2 Å². The highest BCUT2D eigenvalue weighted by atomic mass is 35.5. The second-order valence-electron chi connectivity index (χ2n) is 3.23. The van der Waals surface area contributed by atoms with Crippen molar-refractivity contribution in [3.05, 3.63) is 0 Å². The van der Waals surface area contributed by atoms with Crippen LogP contribution in [0.4, 0.5) is 0 Å². The van der Waals surface area contributed by atoms with Gasteiger partial charge in [0.1, 0.15) is 0 Å². The van der Waals surface area contributed by atoms with Crippen LogP contribution in [0.1, 0.15) is 27.7 Å². The van der Waals surface area contributed by atoms with Crippen molar-refractivity contribution in [2.75, 3.05) is 39.3 Å². The fourth-order valence-corrected chi connectivity index (χ4v) is 1.46. The monoisotopic (exact) mass is 208 g/mol. The fourth-order valence-electron chi connectivity index (χ4n) is 1.46. The van der Waals surface area contributed by atoms with Gasteiger partial charge in [0.25, 0.3) is 0 Å². The number of hydrogen-bond acceptors (Lipinski definition) is 1. The van der Waals surface area contributed by atoms with E-state index < -0.39 is 0 Å². The van der Waals surface area contributed by atoms with E-state index in [4.69, 9.17) is 0 Å². The third kappa shape index (κ3) is 7.29. The van der Waals surface area contributed by atoms with Gasteiger partial charge in [-0.1, -0.05) is 13.8 Å². The van der Waals surface area contributed by atoms with Gasteiger partial charge in [0.2, 0.25) is 0 Å². The number of halogens is 1. The van der Waals surface area contributed by atoms with Crippen LogP contribution in [0.15, 0.2) is 0 Å². The van der Waals surface area contributed by atoms with Crippen LogP contribution in [0, 0.1) is 0 Å². The van der Waals surface area contributed by atoms with E-state index in [0.29, 0.717) is 0 Å². The van der Waals surface area contributed by atoms with Crippen LogP contribution < -0.4 is 17.3 Å². The Kier molecular flexibility index (Phi) is 12.4. The molecule has 0 spiro atoms. The highest BCUT2D eigenvalue weighted by Gasteiger charge is 2.04. The maximum absolute atomic E-state index is 2.49. The number of nitrogens with one attached hydrogen (secondary N) is 1.